The van der Waals surface area contributed by atoms with E-state index in [1.165, 1.54) is 18.2 Å². The van der Waals surface area contributed by atoms with Crippen LogP contribution >= 0.6 is 0 Å². The molecular formula is C21H15FN2O3. The Morgan fingerprint density at radius 2 is 1.93 bits per heavy atom. The van der Waals surface area contributed by atoms with Gasteiger partial charge in [-0.2, -0.15) is 0 Å². The van der Waals surface area contributed by atoms with E-state index in [2.05, 4.69) is 10.3 Å². The quantitative estimate of drug-likeness (QED) is 0.561. The molecule has 0 spiro atoms. The monoisotopic (exact) mass is 362 g/mol. The van der Waals surface area contributed by atoms with E-state index in [-0.39, 0.29) is 5.56 Å². The molecule has 0 atom stereocenters. The van der Waals surface area contributed by atoms with Crippen molar-refractivity contribution in [3.63, 3.8) is 0 Å². The lowest BCUT2D eigenvalue weighted by Gasteiger charge is -2.05. The van der Waals surface area contributed by atoms with Gasteiger partial charge < -0.3 is 14.5 Å². The van der Waals surface area contributed by atoms with Crippen LogP contribution in [0.2, 0.25) is 0 Å². The van der Waals surface area contributed by atoms with Crippen molar-refractivity contribution >= 4 is 22.7 Å². The Morgan fingerprint density at radius 3 is 2.74 bits per heavy atom. The van der Waals surface area contributed by atoms with Gasteiger partial charge in [0.25, 0.3) is 5.91 Å². The van der Waals surface area contributed by atoms with Crippen LogP contribution < -0.4 is 10.1 Å². The second-order valence-corrected chi connectivity index (χ2v) is 5.87. The molecule has 1 amide bonds. The summed E-state index contributed by atoms with van der Waals surface area (Å²) < 4.78 is 24.5. The van der Waals surface area contributed by atoms with Crippen LogP contribution in [0.3, 0.4) is 0 Å². The third-order valence-corrected chi connectivity index (χ3v) is 4.07. The van der Waals surface area contributed by atoms with Crippen molar-refractivity contribution in [2.45, 2.75) is 0 Å². The summed E-state index contributed by atoms with van der Waals surface area (Å²) in [6.45, 7) is 0. The number of amides is 1. The summed E-state index contributed by atoms with van der Waals surface area (Å²) in [5, 5.41) is 2.73. The molecule has 3 aromatic carbocycles. The van der Waals surface area contributed by atoms with Gasteiger partial charge in [-0.3, -0.25) is 4.79 Å². The molecule has 0 saturated carbocycles. The number of methoxy groups -OCH3 is 1. The molecule has 6 heteroatoms. The first-order chi connectivity index (χ1) is 13.1. The first-order valence-corrected chi connectivity index (χ1v) is 8.25. The van der Waals surface area contributed by atoms with Crippen LogP contribution in [0.1, 0.15) is 10.4 Å². The van der Waals surface area contributed by atoms with Gasteiger partial charge in [0.15, 0.2) is 5.58 Å². The lowest BCUT2D eigenvalue weighted by Crippen LogP contribution is -2.11. The molecule has 0 aliphatic heterocycles. The van der Waals surface area contributed by atoms with Gasteiger partial charge >= 0.3 is 0 Å². The van der Waals surface area contributed by atoms with E-state index in [0.717, 1.165) is 5.56 Å². The molecule has 1 heterocycles. The second-order valence-electron chi connectivity index (χ2n) is 5.87. The molecule has 134 valence electrons. The smallest absolute Gasteiger partial charge is 0.255 e. The van der Waals surface area contributed by atoms with Crippen LogP contribution in [-0.2, 0) is 0 Å². The molecule has 0 bridgehead atoms. The minimum Gasteiger partial charge on any atom is -0.496 e. The summed E-state index contributed by atoms with van der Waals surface area (Å²) >= 11 is 0. The van der Waals surface area contributed by atoms with Gasteiger partial charge in [-0.25, -0.2) is 9.37 Å². The number of ether oxygens (including phenoxy) is 1. The number of para-hydroxylation sites is 1. The fourth-order valence-corrected chi connectivity index (χ4v) is 2.77. The average molecular weight is 362 g/mol. The predicted molar refractivity (Wildman–Crippen MR) is 100 cm³/mol. The highest BCUT2D eigenvalue weighted by atomic mass is 19.1. The number of fused-ring (bicyclic) bond motifs is 1. The number of hydrogen-bond acceptors (Lipinski definition) is 4. The van der Waals surface area contributed by atoms with Crippen molar-refractivity contribution in [2.24, 2.45) is 0 Å². The number of carbonyl (C=O) groups is 1. The van der Waals surface area contributed by atoms with Crippen LogP contribution in [0.15, 0.2) is 71.1 Å². The van der Waals surface area contributed by atoms with Crippen LogP contribution in [0.5, 0.6) is 5.75 Å². The van der Waals surface area contributed by atoms with Gasteiger partial charge in [0.05, 0.1) is 12.7 Å². The normalized spacial score (nSPS) is 10.7. The Balaban J connectivity index is 1.64. The first-order valence-electron chi connectivity index (χ1n) is 8.25. The average Bonchev–Trinajstić information content (AvgIpc) is 3.11. The molecule has 0 fully saturated rings. The van der Waals surface area contributed by atoms with Crippen molar-refractivity contribution in [1.29, 1.82) is 0 Å². The molecule has 4 rings (SSSR count). The summed E-state index contributed by atoms with van der Waals surface area (Å²) in [5.74, 6) is 0.216. The van der Waals surface area contributed by atoms with Crippen molar-refractivity contribution in [1.82, 2.24) is 4.98 Å². The van der Waals surface area contributed by atoms with Crippen molar-refractivity contribution < 1.29 is 18.3 Å². The summed E-state index contributed by atoms with van der Waals surface area (Å²) in [4.78, 5) is 16.7. The zero-order valence-corrected chi connectivity index (χ0v) is 14.4. The zero-order valence-electron chi connectivity index (χ0n) is 14.4. The SMILES string of the molecule is COc1ccccc1-c1nc2ccc(NC(=O)c3cccc(F)c3)cc2o1. The number of nitrogens with one attached hydrogen (secondary N) is 1. The molecule has 0 aliphatic rings. The third kappa shape index (κ3) is 3.37. The van der Waals surface area contributed by atoms with Crippen LogP contribution in [-0.4, -0.2) is 18.0 Å². The van der Waals surface area contributed by atoms with E-state index in [0.29, 0.717) is 28.4 Å². The van der Waals surface area contributed by atoms with Gasteiger partial charge in [0.1, 0.15) is 17.1 Å². The highest BCUT2D eigenvalue weighted by Crippen LogP contribution is 2.32. The Hall–Kier alpha value is -3.67. The largest absolute Gasteiger partial charge is 0.496 e. The van der Waals surface area contributed by atoms with Gasteiger partial charge in [0.2, 0.25) is 5.89 Å². The lowest BCUT2D eigenvalue weighted by molar-refractivity contribution is 0.102. The number of aromatic nitrogens is 1. The van der Waals surface area contributed by atoms with Crippen LogP contribution in [0.4, 0.5) is 10.1 Å². The highest BCUT2D eigenvalue weighted by Gasteiger charge is 2.14. The fourth-order valence-electron chi connectivity index (χ4n) is 2.77. The fraction of sp³-hybridized carbons (Fsp3) is 0.0476. The predicted octanol–water partition coefficient (Wildman–Crippen LogP) is 4.89. The van der Waals surface area contributed by atoms with Crippen molar-refractivity contribution in [2.75, 3.05) is 12.4 Å². The number of oxazole rings is 1. The number of hydrogen-bond donors (Lipinski definition) is 1. The Labute approximate surface area is 154 Å². The Kier molecular flexibility index (Phi) is 4.30. The molecule has 4 aromatic rings. The number of carbonyl (C=O) groups excluding carboxylic acids is 1. The molecular weight excluding hydrogens is 347 g/mol. The molecule has 0 aliphatic carbocycles. The topological polar surface area (TPSA) is 64.4 Å². The van der Waals surface area contributed by atoms with E-state index in [4.69, 9.17) is 9.15 Å². The van der Waals surface area contributed by atoms with E-state index >= 15 is 0 Å². The van der Waals surface area contributed by atoms with Gasteiger partial charge in [0, 0.05) is 17.3 Å². The van der Waals surface area contributed by atoms with Gasteiger partial charge in [-0.05, 0) is 42.5 Å². The summed E-state index contributed by atoms with van der Waals surface area (Å²) in [7, 11) is 1.58. The van der Waals surface area contributed by atoms with E-state index in [1.54, 1.807) is 31.4 Å². The number of benzene rings is 3. The molecule has 0 saturated heterocycles. The summed E-state index contributed by atoms with van der Waals surface area (Å²) in [5.41, 5.74) is 2.68. The lowest BCUT2D eigenvalue weighted by atomic mass is 10.2. The summed E-state index contributed by atoms with van der Waals surface area (Å²) in [6.07, 6.45) is 0. The number of anilines is 1. The van der Waals surface area contributed by atoms with Gasteiger partial charge in [-0.15, -0.1) is 0 Å². The molecule has 1 N–H and O–H groups in total. The van der Waals surface area contributed by atoms with Crippen molar-refractivity contribution in [3.05, 3.63) is 78.1 Å². The van der Waals surface area contributed by atoms with E-state index < -0.39 is 11.7 Å². The molecule has 0 unspecified atom stereocenters. The van der Waals surface area contributed by atoms with Crippen molar-refractivity contribution in [3.8, 4) is 17.2 Å². The molecule has 1 aromatic heterocycles. The summed E-state index contributed by atoms with van der Waals surface area (Å²) in [6, 6.07) is 18.1. The number of rotatable bonds is 4. The molecule has 0 radical (unpaired) electrons. The standard InChI is InChI=1S/C21H15FN2O3/c1-26-18-8-3-2-7-16(18)21-24-17-10-9-15(12-19(17)27-21)23-20(25)13-5-4-6-14(22)11-13/h2-12H,1H3,(H,23,25). The number of halogens is 1. The highest BCUT2D eigenvalue weighted by molar-refractivity contribution is 6.04. The number of nitrogens with zero attached hydrogens (tertiary/aromatic N) is 1. The minimum absolute atomic E-state index is 0.238. The third-order valence-electron chi connectivity index (χ3n) is 4.07. The van der Waals surface area contributed by atoms with Crippen LogP contribution in [0.25, 0.3) is 22.6 Å². The maximum Gasteiger partial charge on any atom is 0.255 e. The van der Waals surface area contributed by atoms with Crippen LogP contribution in [0, 0.1) is 5.82 Å². The molecule has 27 heavy (non-hydrogen) atoms. The maximum atomic E-state index is 13.3. The zero-order chi connectivity index (χ0) is 18.8. The van der Waals surface area contributed by atoms with E-state index in [1.807, 2.05) is 24.3 Å². The van der Waals surface area contributed by atoms with E-state index in [9.17, 15) is 9.18 Å². The van der Waals surface area contributed by atoms with Gasteiger partial charge in [-0.1, -0.05) is 18.2 Å². The maximum absolute atomic E-state index is 13.3. The minimum atomic E-state index is -0.463. The first kappa shape index (κ1) is 16.8. The molecule has 5 nitrogen and oxygen atoms in total. The Morgan fingerprint density at radius 1 is 1.07 bits per heavy atom. The Bertz CT molecular complexity index is 1140. The second kappa shape index (κ2) is 6.92.